The number of ketones is 1. The quantitative estimate of drug-likeness (QED) is 0.0880. The normalized spacial score (nSPS) is 47.6. The van der Waals surface area contributed by atoms with Crippen LogP contribution in [0.1, 0.15) is 32.1 Å². The number of Topliss-reactive ketones (excluding diaryl/α,β-unsaturated/α-hetero) is 1. The molecule has 16 N–H and O–H groups in total. The Morgan fingerprint density at radius 1 is 0.711 bits per heavy atom. The van der Waals surface area contributed by atoms with E-state index < -0.39 is 104 Å². The number of aliphatic hydroxyl groups excluding tert-OH is 6. The summed E-state index contributed by atoms with van der Waals surface area (Å²) < 4.78 is 35.6. The summed E-state index contributed by atoms with van der Waals surface area (Å²) in [6.45, 7) is -0.900. The van der Waals surface area contributed by atoms with Crippen LogP contribution in [0.2, 0.25) is 0 Å². The first kappa shape index (κ1) is 36.8. The molecular weight excluding hydrogens is 602 g/mol. The van der Waals surface area contributed by atoms with Gasteiger partial charge < -0.3 is 87.7 Å². The van der Waals surface area contributed by atoms with E-state index in [1.54, 1.807) is 0 Å². The van der Waals surface area contributed by atoms with Crippen molar-refractivity contribution in [2.45, 2.75) is 130 Å². The molecule has 18 nitrogen and oxygen atoms in total. The molecule has 4 aliphatic rings. The molecule has 262 valence electrons. The van der Waals surface area contributed by atoms with Gasteiger partial charge in [0.1, 0.15) is 54.6 Å². The van der Waals surface area contributed by atoms with Gasteiger partial charge in [0.05, 0.1) is 30.9 Å². The van der Waals surface area contributed by atoms with Crippen molar-refractivity contribution in [3.8, 4) is 0 Å². The molecule has 0 amide bonds. The van der Waals surface area contributed by atoms with Gasteiger partial charge in [0.2, 0.25) is 0 Å². The Kier molecular flexibility index (Phi) is 13.4. The third-order valence-electron chi connectivity index (χ3n) is 9.11. The van der Waals surface area contributed by atoms with E-state index in [0.29, 0.717) is 12.8 Å². The van der Waals surface area contributed by atoms with Crippen molar-refractivity contribution < 1.29 is 63.9 Å². The van der Waals surface area contributed by atoms with Crippen LogP contribution in [0, 0.1) is 5.92 Å². The largest absolute Gasteiger partial charge is 0.396 e. The Morgan fingerprint density at radius 3 is 2.02 bits per heavy atom. The van der Waals surface area contributed by atoms with E-state index >= 15 is 0 Å². The van der Waals surface area contributed by atoms with Gasteiger partial charge in [0.25, 0.3) is 0 Å². The molecule has 3 saturated heterocycles. The fourth-order valence-corrected chi connectivity index (χ4v) is 6.44. The summed E-state index contributed by atoms with van der Waals surface area (Å²) >= 11 is 0. The maximum atomic E-state index is 12.4. The number of carbonyl (C=O) groups excluding carboxylic acids is 1. The van der Waals surface area contributed by atoms with Gasteiger partial charge >= 0.3 is 0 Å². The molecule has 0 spiro atoms. The molecule has 0 bridgehead atoms. The maximum Gasteiger partial charge on any atom is 0.187 e. The van der Waals surface area contributed by atoms with Crippen molar-refractivity contribution in [3.05, 3.63) is 0 Å². The van der Waals surface area contributed by atoms with E-state index in [9.17, 15) is 35.4 Å². The van der Waals surface area contributed by atoms with Crippen LogP contribution in [0.25, 0.3) is 0 Å². The van der Waals surface area contributed by atoms with Gasteiger partial charge in [0, 0.05) is 38.6 Å². The van der Waals surface area contributed by atoms with Crippen molar-refractivity contribution in [1.29, 1.82) is 0 Å². The highest BCUT2D eigenvalue weighted by molar-refractivity contribution is 5.78. The van der Waals surface area contributed by atoms with Gasteiger partial charge in [-0.25, -0.2) is 0 Å². The zero-order valence-electron chi connectivity index (χ0n) is 25.1. The molecule has 45 heavy (non-hydrogen) atoms. The Hall–Kier alpha value is -1.01. The Labute approximate surface area is 261 Å². The van der Waals surface area contributed by atoms with Gasteiger partial charge in [-0.3, -0.25) is 4.79 Å². The van der Waals surface area contributed by atoms with Crippen molar-refractivity contribution in [2.24, 2.45) is 34.6 Å². The van der Waals surface area contributed by atoms with Gasteiger partial charge in [-0.2, -0.15) is 0 Å². The smallest absolute Gasteiger partial charge is 0.187 e. The summed E-state index contributed by atoms with van der Waals surface area (Å²) in [5, 5.41) is 62.5. The number of ether oxygens (including phenoxy) is 6. The van der Waals surface area contributed by atoms with Gasteiger partial charge in [-0.1, -0.05) is 0 Å². The summed E-state index contributed by atoms with van der Waals surface area (Å²) in [6.07, 6.45) is -14.5. The van der Waals surface area contributed by atoms with E-state index in [1.165, 1.54) is 0 Å². The van der Waals surface area contributed by atoms with E-state index in [4.69, 9.17) is 57.1 Å². The monoisotopic (exact) mass is 653 g/mol. The van der Waals surface area contributed by atoms with Crippen molar-refractivity contribution in [2.75, 3.05) is 26.3 Å². The van der Waals surface area contributed by atoms with Crippen LogP contribution in [0.5, 0.6) is 0 Å². The van der Waals surface area contributed by atoms with Gasteiger partial charge in [-0.05, 0) is 25.2 Å². The third-order valence-corrected chi connectivity index (χ3v) is 9.11. The van der Waals surface area contributed by atoms with Crippen LogP contribution < -0.4 is 28.7 Å². The number of hydrogen-bond acceptors (Lipinski definition) is 18. The molecule has 0 aromatic heterocycles. The average Bonchev–Trinajstić information content (AvgIpc) is 3.31. The van der Waals surface area contributed by atoms with Crippen LogP contribution in [-0.2, 0) is 33.2 Å². The molecule has 3 heterocycles. The number of aliphatic hydroxyl groups is 6. The zero-order valence-corrected chi connectivity index (χ0v) is 25.1. The predicted molar refractivity (Wildman–Crippen MR) is 152 cm³/mol. The molecule has 17 atom stereocenters. The van der Waals surface area contributed by atoms with E-state index in [-0.39, 0.29) is 50.8 Å². The lowest BCUT2D eigenvalue weighted by molar-refractivity contribution is -0.292. The first-order chi connectivity index (χ1) is 21.4. The fourth-order valence-electron chi connectivity index (χ4n) is 6.44. The molecule has 1 saturated carbocycles. The zero-order chi connectivity index (χ0) is 33.0. The number of hydrogen-bond donors (Lipinski definition) is 11. The Balaban J connectivity index is 1.53. The molecular formula is C27H51N5O13. The van der Waals surface area contributed by atoms with E-state index in [2.05, 4.69) is 0 Å². The Morgan fingerprint density at radius 2 is 1.38 bits per heavy atom. The van der Waals surface area contributed by atoms with Crippen LogP contribution >= 0.6 is 0 Å². The molecule has 0 unspecified atom stereocenters. The van der Waals surface area contributed by atoms with Crippen LogP contribution in [0.15, 0.2) is 0 Å². The molecule has 3 aliphatic heterocycles. The second kappa shape index (κ2) is 16.4. The van der Waals surface area contributed by atoms with E-state index in [0.717, 1.165) is 0 Å². The molecule has 18 heteroatoms. The predicted octanol–water partition coefficient (Wildman–Crippen LogP) is -6.21. The third kappa shape index (κ3) is 8.35. The molecule has 4 fully saturated rings. The molecule has 0 aromatic carbocycles. The van der Waals surface area contributed by atoms with Gasteiger partial charge in [0.15, 0.2) is 18.9 Å². The topological polar surface area (TPSA) is 324 Å². The van der Waals surface area contributed by atoms with Crippen LogP contribution in [0.3, 0.4) is 0 Å². The molecule has 1 aliphatic carbocycles. The van der Waals surface area contributed by atoms with Crippen molar-refractivity contribution >= 4 is 5.78 Å². The SMILES string of the molecule is NC[C@@H]1CC[C@@H](N)[C@@H](O[C@H]2[C@H](O[C@@H]3O[C@H](CO)[C@@H](O[C@H]4O[C@@H](CN)[C@@H](O)[C@H](O)[C@H]4N)[C@H]3O)[C@@H](O)[C@H](CC(=O)CCO)C[C@@H]2N)O1. The van der Waals surface area contributed by atoms with Crippen molar-refractivity contribution in [3.63, 3.8) is 0 Å². The minimum absolute atomic E-state index is 0.0941. The number of carbonyl (C=O) groups is 1. The highest BCUT2D eigenvalue weighted by atomic mass is 16.8. The first-order valence-electron chi connectivity index (χ1n) is 15.5. The lowest BCUT2D eigenvalue weighted by Gasteiger charge is -2.46. The number of nitrogens with two attached hydrogens (primary N) is 5. The number of rotatable bonds is 13. The minimum Gasteiger partial charge on any atom is -0.396 e. The van der Waals surface area contributed by atoms with Crippen LogP contribution in [-0.4, -0.2) is 161 Å². The fraction of sp³-hybridized carbons (Fsp3) is 0.963. The lowest BCUT2D eigenvalue weighted by Crippen LogP contribution is -2.64. The summed E-state index contributed by atoms with van der Waals surface area (Å²) in [4.78, 5) is 12.4. The maximum absolute atomic E-state index is 12.4. The summed E-state index contributed by atoms with van der Waals surface area (Å²) in [5.74, 6) is -0.969. The standard InChI is InChI=1S/C27H51N5O13/c28-7-12-1-2-13(30)25(40-12)43-22-14(31)6-10(5-11(35)3-4-33)18(36)24(22)45-27-21(39)23(16(9-34)42-27)44-26-17(32)20(38)19(37)15(8-29)41-26/h10,12-27,33-34,36-39H,1-9,28-32H2/t10-,12+,13-,14+,15+,16-,17-,18+,19-,20-,21-,22-,23-,24-,25-,26-,27+/m1/s1. The lowest BCUT2D eigenvalue weighted by atomic mass is 9.77. The van der Waals surface area contributed by atoms with Crippen LogP contribution in [0.4, 0.5) is 0 Å². The molecule has 0 radical (unpaired) electrons. The second-order valence-corrected chi connectivity index (χ2v) is 12.3. The Bertz CT molecular complexity index is 942. The first-order valence-corrected chi connectivity index (χ1v) is 15.5. The van der Waals surface area contributed by atoms with E-state index in [1.807, 2.05) is 0 Å². The molecule has 0 aromatic rings. The average molecular weight is 654 g/mol. The highest BCUT2D eigenvalue weighted by Crippen LogP contribution is 2.37. The highest BCUT2D eigenvalue weighted by Gasteiger charge is 2.54. The summed E-state index contributed by atoms with van der Waals surface area (Å²) in [5.41, 5.74) is 30.2. The minimum atomic E-state index is -1.59. The second-order valence-electron chi connectivity index (χ2n) is 12.3. The van der Waals surface area contributed by atoms with Crippen molar-refractivity contribution in [1.82, 2.24) is 0 Å². The molecule has 4 rings (SSSR count). The van der Waals surface area contributed by atoms with Gasteiger partial charge in [-0.15, -0.1) is 0 Å². The summed E-state index contributed by atoms with van der Waals surface area (Å²) in [7, 11) is 0. The summed E-state index contributed by atoms with van der Waals surface area (Å²) in [6, 6.07) is -2.55.